The number of hydrogen-bond donors (Lipinski definition) is 0. The fourth-order valence-electron chi connectivity index (χ4n) is 3.58. The van der Waals surface area contributed by atoms with E-state index in [-0.39, 0.29) is 11.3 Å². The number of halogens is 1. The van der Waals surface area contributed by atoms with E-state index in [1.54, 1.807) is 13.2 Å². The maximum atomic E-state index is 13.4. The molecule has 3 aromatic carbocycles. The van der Waals surface area contributed by atoms with Gasteiger partial charge in [-0.3, -0.25) is 14.9 Å². The van der Waals surface area contributed by atoms with Crippen LogP contribution in [0.3, 0.4) is 0 Å². The SMILES string of the molecule is COc1ccccc1[C@H]1CC(c2ccc(Br)cc2)=NN1C(=O)c1cccc([N+](=O)[O-])c1. The first-order valence-corrected chi connectivity index (χ1v) is 10.3. The lowest BCUT2D eigenvalue weighted by atomic mass is 9.97. The van der Waals surface area contributed by atoms with Crippen LogP contribution in [0.5, 0.6) is 5.75 Å². The van der Waals surface area contributed by atoms with Crippen molar-refractivity contribution in [2.45, 2.75) is 12.5 Å². The highest BCUT2D eigenvalue weighted by molar-refractivity contribution is 9.10. The Labute approximate surface area is 187 Å². The summed E-state index contributed by atoms with van der Waals surface area (Å²) in [6, 6.07) is 20.5. The molecule has 1 amide bonds. The number of methoxy groups -OCH3 is 1. The number of hydrogen-bond acceptors (Lipinski definition) is 5. The van der Waals surface area contributed by atoms with Gasteiger partial charge in [-0.25, -0.2) is 5.01 Å². The highest BCUT2D eigenvalue weighted by Crippen LogP contribution is 2.38. The van der Waals surface area contributed by atoms with E-state index in [1.165, 1.54) is 23.2 Å². The zero-order valence-corrected chi connectivity index (χ0v) is 18.2. The Balaban J connectivity index is 1.77. The monoisotopic (exact) mass is 479 g/mol. The molecule has 31 heavy (non-hydrogen) atoms. The number of para-hydroxylation sites is 1. The summed E-state index contributed by atoms with van der Waals surface area (Å²) < 4.78 is 6.46. The number of ether oxygens (including phenoxy) is 1. The number of carbonyl (C=O) groups excluding carboxylic acids is 1. The number of hydrazone groups is 1. The summed E-state index contributed by atoms with van der Waals surface area (Å²) in [5.41, 5.74) is 2.53. The van der Waals surface area contributed by atoms with Gasteiger partial charge in [0.05, 0.1) is 23.8 Å². The second-order valence-electron chi connectivity index (χ2n) is 6.97. The van der Waals surface area contributed by atoms with Crippen LogP contribution in [0.2, 0.25) is 0 Å². The lowest BCUT2D eigenvalue weighted by molar-refractivity contribution is -0.384. The molecule has 1 aliphatic rings. The Morgan fingerprint density at radius 2 is 1.87 bits per heavy atom. The Bertz CT molecular complexity index is 1180. The molecule has 1 atom stereocenters. The minimum atomic E-state index is -0.519. The lowest BCUT2D eigenvalue weighted by Crippen LogP contribution is -2.27. The van der Waals surface area contributed by atoms with Gasteiger partial charge in [-0.2, -0.15) is 5.10 Å². The van der Waals surface area contributed by atoms with Crippen LogP contribution in [0.15, 0.2) is 82.4 Å². The fourth-order valence-corrected chi connectivity index (χ4v) is 3.85. The summed E-state index contributed by atoms with van der Waals surface area (Å²) in [4.78, 5) is 24.0. The Kier molecular flexibility index (Phi) is 5.81. The highest BCUT2D eigenvalue weighted by atomic mass is 79.9. The molecule has 1 heterocycles. The minimum Gasteiger partial charge on any atom is -0.496 e. The molecule has 0 saturated heterocycles. The van der Waals surface area contributed by atoms with Crippen molar-refractivity contribution in [3.63, 3.8) is 0 Å². The van der Waals surface area contributed by atoms with Crippen LogP contribution < -0.4 is 4.74 Å². The first-order chi connectivity index (χ1) is 15.0. The number of rotatable bonds is 5. The molecular weight excluding hydrogens is 462 g/mol. The third-order valence-electron chi connectivity index (χ3n) is 5.10. The van der Waals surface area contributed by atoms with Gasteiger partial charge in [0.2, 0.25) is 0 Å². The van der Waals surface area contributed by atoms with Crippen LogP contribution in [0, 0.1) is 10.1 Å². The zero-order valence-electron chi connectivity index (χ0n) is 16.6. The largest absolute Gasteiger partial charge is 0.496 e. The normalized spacial score (nSPS) is 15.5. The molecule has 0 N–H and O–H groups in total. The molecular formula is C23H18BrN3O4. The van der Waals surface area contributed by atoms with E-state index in [0.29, 0.717) is 12.2 Å². The quantitative estimate of drug-likeness (QED) is 0.364. The van der Waals surface area contributed by atoms with Crippen molar-refractivity contribution in [1.82, 2.24) is 5.01 Å². The summed E-state index contributed by atoms with van der Waals surface area (Å²) in [5.74, 6) is 0.239. The van der Waals surface area contributed by atoms with E-state index >= 15 is 0 Å². The molecule has 1 aliphatic heterocycles. The van der Waals surface area contributed by atoms with Crippen molar-refractivity contribution in [2.75, 3.05) is 7.11 Å². The molecule has 0 aliphatic carbocycles. The topological polar surface area (TPSA) is 85.0 Å². The van der Waals surface area contributed by atoms with Crippen molar-refractivity contribution < 1.29 is 14.5 Å². The second kappa shape index (κ2) is 8.69. The lowest BCUT2D eigenvalue weighted by Gasteiger charge is -2.23. The molecule has 0 spiro atoms. The molecule has 7 nitrogen and oxygen atoms in total. The van der Waals surface area contributed by atoms with Crippen molar-refractivity contribution in [1.29, 1.82) is 0 Å². The number of non-ortho nitro benzene ring substituents is 1. The van der Waals surface area contributed by atoms with Gasteiger partial charge in [0, 0.05) is 34.2 Å². The Hall–Kier alpha value is -3.52. The summed E-state index contributed by atoms with van der Waals surface area (Å²) in [7, 11) is 1.58. The molecule has 0 aromatic heterocycles. The molecule has 0 unspecified atom stereocenters. The first kappa shape index (κ1) is 20.7. The maximum absolute atomic E-state index is 13.4. The number of nitro benzene ring substituents is 1. The standard InChI is InChI=1S/C23H18BrN3O4/c1-31-22-8-3-2-7-19(22)21-14-20(15-9-11-17(24)12-10-15)25-26(21)23(28)16-5-4-6-18(13-16)27(29)30/h2-13,21H,14H2,1H3/t21-/m1/s1. The van der Waals surface area contributed by atoms with Gasteiger partial charge in [0.15, 0.2) is 0 Å². The van der Waals surface area contributed by atoms with Gasteiger partial charge in [-0.05, 0) is 29.8 Å². The summed E-state index contributed by atoms with van der Waals surface area (Å²) >= 11 is 3.43. The second-order valence-corrected chi connectivity index (χ2v) is 7.89. The summed E-state index contributed by atoms with van der Waals surface area (Å²) in [5, 5.41) is 17.2. The van der Waals surface area contributed by atoms with Crippen LogP contribution in [-0.4, -0.2) is 28.7 Å². The van der Waals surface area contributed by atoms with Crippen molar-refractivity contribution in [2.24, 2.45) is 5.10 Å². The predicted octanol–water partition coefficient (Wildman–Crippen LogP) is 5.36. The van der Waals surface area contributed by atoms with Gasteiger partial charge in [-0.1, -0.05) is 52.3 Å². The first-order valence-electron chi connectivity index (χ1n) is 9.52. The van der Waals surface area contributed by atoms with Crippen molar-refractivity contribution >= 4 is 33.2 Å². The fraction of sp³-hybridized carbons (Fsp3) is 0.130. The summed E-state index contributed by atoms with van der Waals surface area (Å²) in [6.45, 7) is 0. The van der Waals surface area contributed by atoms with E-state index < -0.39 is 16.9 Å². The van der Waals surface area contributed by atoms with Gasteiger partial charge in [0.1, 0.15) is 5.75 Å². The number of benzene rings is 3. The molecule has 0 fully saturated rings. The smallest absolute Gasteiger partial charge is 0.274 e. The van der Waals surface area contributed by atoms with Crippen LogP contribution in [0.4, 0.5) is 5.69 Å². The molecule has 8 heteroatoms. The van der Waals surface area contributed by atoms with E-state index in [1.807, 2.05) is 48.5 Å². The van der Waals surface area contributed by atoms with E-state index in [2.05, 4.69) is 21.0 Å². The third kappa shape index (κ3) is 4.20. The third-order valence-corrected chi connectivity index (χ3v) is 5.63. The number of amides is 1. The molecule has 4 rings (SSSR count). The predicted molar refractivity (Wildman–Crippen MR) is 120 cm³/mol. The minimum absolute atomic E-state index is 0.143. The average molecular weight is 480 g/mol. The van der Waals surface area contributed by atoms with E-state index in [9.17, 15) is 14.9 Å². The molecule has 0 bridgehead atoms. The van der Waals surface area contributed by atoms with Crippen molar-refractivity contribution in [3.05, 3.63) is 104 Å². The molecule has 0 saturated carbocycles. The molecule has 0 radical (unpaired) electrons. The van der Waals surface area contributed by atoms with E-state index in [4.69, 9.17) is 4.74 Å². The highest BCUT2D eigenvalue weighted by Gasteiger charge is 2.35. The van der Waals surface area contributed by atoms with Crippen LogP contribution in [0.25, 0.3) is 0 Å². The maximum Gasteiger partial charge on any atom is 0.274 e. The zero-order chi connectivity index (χ0) is 22.0. The number of nitrogens with zero attached hydrogens (tertiary/aromatic N) is 3. The Morgan fingerprint density at radius 1 is 1.13 bits per heavy atom. The average Bonchev–Trinajstić information content (AvgIpc) is 3.24. The van der Waals surface area contributed by atoms with Crippen molar-refractivity contribution in [3.8, 4) is 5.75 Å². The van der Waals surface area contributed by atoms with Crippen LogP contribution >= 0.6 is 15.9 Å². The Morgan fingerprint density at radius 3 is 2.58 bits per heavy atom. The van der Waals surface area contributed by atoms with Gasteiger partial charge >= 0.3 is 0 Å². The molecule has 156 valence electrons. The number of carbonyl (C=O) groups is 1. The van der Waals surface area contributed by atoms with Gasteiger partial charge < -0.3 is 4.74 Å². The summed E-state index contributed by atoms with van der Waals surface area (Å²) in [6.07, 6.45) is 0.489. The van der Waals surface area contributed by atoms with Crippen LogP contribution in [-0.2, 0) is 0 Å². The van der Waals surface area contributed by atoms with Crippen LogP contribution in [0.1, 0.15) is 33.9 Å². The van der Waals surface area contributed by atoms with Gasteiger partial charge in [-0.15, -0.1) is 0 Å². The van der Waals surface area contributed by atoms with Gasteiger partial charge in [0.25, 0.3) is 11.6 Å². The number of nitro groups is 1. The molecule has 3 aromatic rings. The van der Waals surface area contributed by atoms with E-state index in [0.717, 1.165) is 21.3 Å².